The summed E-state index contributed by atoms with van der Waals surface area (Å²) in [6, 6.07) is 0. The van der Waals surface area contributed by atoms with Crippen LogP contribution in [0.3, 0.4) is 0 Å². The van der Waals surface area contributed by atoms with Crippen LogP contribution in [0.5, 0.6) is 0 Å². The van der Waals surface area contributed by atoms with E-state index in [0.717, 1.165) is 19.4 Å². The second-order valence-corrected chi connectivity index (χ2v) is 2.55. The molecule has 1 aliphatic carbocycles. The first-order valence-corrected chi connectivity index (χ1v) is 3.66. The predicted octanol–water partition coefficient (Wildman–Crippen LogP) is 0.159. The van der Waals surface area contributed by atoms with E-state index in [9.17, 15) is 4.79 Å². The van der Waals surface area contributed by atoms with Gasteiger partial charge in [-0.15, -0.1) is 0 Å². The van der Waals surface area contributed by atoms with Crippen molar-refractivity contribution in [1.82, 2.24) is 5.32 Å². The summed E-state index contributed by atoms with van der Waals surface area (Å²) in [6.07, 6.45) is 2.05. The van der Waals surface area contributed by atoms with Gasteiger partial charge in [0, 0.05) is 6.54 Å². The first-order chi connectivity index (χ1) is 4.84. The Morgan fingerprint density at radius 1 is 1.70 bits per heavy atom. The number of esters is 1. The number of rotatable bonds is 4. The highest BCUT2D eigenvalue weighted by Gasteiger charge is 2.30. The van der Waals surface area contributed by atoms with Gasteiger partial charge in [0.15, 0.2) is 0 Å². The Morgan fingerprint density at radius 3 is 2.90 bits per heavy atom. The fourth-order valence-corrected chi connectivity index (χ4v) is 0.691. The average molecular weight is 143 g/mol. The number of nitrogens with one attached hydrogen (secondary N) is 1. The zero-order valence-corrected chi connectivity index (χ0v) is 6.22. The third kappa shape index (κ3) is 2.35. The minimum Gasteiger partial charge on any atom is -0.464 e. The van der Waals surface area contributed by atoms with E-state index < -0.39 is 0 Å². The summed E-state index contributed by atoms with van der Waals surface area (Å²) in [6.45, 7) is 1.25. The van der Waals surface area contributed by atoms with Crippen molar-refractivity contribution in [3.63, 3.8) is 0 Å². The van der Waals surface area contributed by atoms with E-state index >= 15 is 0 Å². The minimum atomic E-state index is -0.0183. The monoisotopic (exact) mass is 143 g/mol. The van der Waals surface area contributed by atoms with Crippen LogP contribution in [-0.2, 0) is 9.53 Å². The minimum absolute atomic E-state index is 0.0183. The van der Waals surface area contributed by atoms with Crippen molar-refractivity contribution in [2.75, 3.05) is 20.2 Å². The molecule has 0 bridgehead atoms. The van der Waals surface area contributed by atoms with Crippen LogP contribution in [0, 0.1) is 5.92 Å². The summed E-state index contributed by atoms with van der Waals surface area (Å²) in [7, 11) is 1.84. The molecule has 0 radical (unpaired) electrons. The molecule has 3 heteroatoms. The van der Waals surface area contributed by atoms with Crippen LogP contribution in [0.1, 0.15) is 12.8 Å². The third-order valence-electron chi connectivity index (χ3n) is 1.51. The lowest BCUT2D eigenvalue weighted by Crippen LogP contribution is -2.17. The molecule has 0 aliphatic heterocycles. The standard InChI is InChI=1S/C7H13NO2/c1-8-4-5-10-7(9)6-2-3-6/h6,8H,2-5H2,1H3. The summed E-state index contributed by atoms with van der Waals surface area (Å²) >= 11 is 0. The van der Waals surface area contributed by atoms with Gasteiger partial charge in [-0.25, -0.2) is 0 Å². The molecule has 1 rings (SSSR count). The van der Waals surface area contributed by atoms with Crippen LogP contribution in [0.2, 0.25) is 0 Å². The molecule has 0 unspecified atom stereocenters. The number of carbonyl (C=O) groups is 1. The fraction of sp³-hybridized carbons (Fsp3) is 0.857. The maximum absolute atomic E-state index is 10.8. The molecule has 10 heavy (non-hydrogen) atoms. The second-order valence-electron chi connectivity index (χ2n) is 2.55. The molecule has 1 fully saturated rings. The first kappa shape index (κ1) is 7.54. The van der Waals surface area contributed by atoms with Gasteiger partial charge in [0.05, 0.1) is 5.92 Å². The number of carbonyl (C=O) groups excluding carboxylic acids is 1. The van der Waals surface area contributed by atoms with E-state index in [2.05, 4.69) is 5.32 Å². The highest BCUT2D eigenvalue weighted by atomic mass is 16.5. The van der Waals surface area contributed by atoms with Crippen molar-refractivity contribution < 1.29 is 9.53 Å². The molecule has 0 heterocycles. The molecular formula is C7H13NO2. The zero-order chi connectivity index (χ0) is 7.40. The van der Waals surface area contributed by atoms with E-state index in [0.29, 0.717) is 6.61 Å². The molecule has 0 atom stereocenters. The molecule has 58 valence electrons. The number of hydrogen-bond donors (Lipinski definition) is 1. The smallest absolute Gasteiger partial charge is 0.308 e. The van der Waals surface area contributed by atoms with Crippen LogP contribution in [0.25, 0.3) is 0 Å². The Labute approximate surface area is 60.7 Å². The largest absolute Gasteiger partial charge is 0.464 e. The van der Waals surface area contributed by atoms with Crippen molar-refractivity contribution in [3.05, 3.63) is 0 Å². The molecule has 0 aromatic rings. The summed E-state index contributed by atoms with van der Waals surface area (Å²) in [5.41, 5.74) is 0. The first-order valence-electron chi connectivity index (χ1n) is 3.66. The Kier molecular flexibility index (Phi) is 2.68. The molecular weight excluding hydrogens is 130 g/mol. The fourth-order valence-electron chi connectivity index (χ4n) is 0.691. The van der Waals surface area contributed by atoms with E-state index in [4.69, 9.17) is 4.74 Å². The lowest BCUT2D eigenvalue weighted by atomic mass is 10.4. The van der Waals surface area contributed by atoms with Crippen LogP contribution in [0.4, 0.5) is 0 Å². The summed E-state index contributed by atoms with van der Waals surface area (Å²) in [5.74, 6) is 0.215. The predicted molar refractivity (Wildman–Crippen MR) is 37.6 cm³/mol. The summed E-state index contributed by atoms with van der Waals surface area (Å²) < 4.78 is 4.90. The third-order valence-corrected chi connectivity index (χ3v) is 1.51. The van der Waals surface area contributed by atoms with Crippen LogP contribution < -0.4 is 5.32 Å². The molecule has 1 aliphatic rings. The topological polar surface area (TPSA) is 38.3 Å². The Balaban J connectivity index is 1.95. The summed E-state index contributed by atoms with van der Waals surface area (Å²) in [4.78, 5) is 10.8. The van der Waals surface area contributed by atoms with Gasteiger partial charge in [-0.2, -0.15) is 0 Å². The molecule has 0 aromatic carbocycles. The maximum Gasteiger partial charge on any atom is 0.308 e. The van der Waals surface area contributed by atoms with E-state index in [1.54, 1.807) is 0 Å². The van der Waals surface area contributed by atoms with Gasteiger partial charge in [-0.3, -0.25) is 4.79 Å². The van der Waals surface area contributed by atoms with Gasteiger partial charge in [0.1, 0.15) is 6.61 Å². The maximum atomic E-state index is 10.8. The second kappa shape index (κ2) is 3.56. The highest BCUT2D eigenvalue weighted by molar-refractivity contribution is 5.74. The number of ether oxygens (including phenoxy) is 1. The lowest BCUT2D eigenvalue weighted by Gasteiger charge is -2.01. The van der Waals surface area contributed by atoms with Gasteiger partial charge in [0.2, 0.25) is 0 Å². The van der Waals surface area contributed by atoms with Crippen LogP contribution >= 0.6 is 0 Å². The molecule has 0 aromatic heterocycles. The van der Waals surface area contributed by atoms with Gasteiger partial charge in [-0.1, -0.05) is 0 Å². The Bertz CT molecular complexity index is 121. The molecule has 0 spiro atoms. The van der Waals surface area contributed by atoms with Crippen molar-refractivity contribution >= 4 is 5.97 Å². The van der Waals surface area contributed by atoms with Gasteiger partial charge < -0.3 is 10.1 Å². The lowest BCUT2D eigenvalue weighted by molar-refractivity contribution is -0.144. The highest BCUT2D eigenvalue weighted by Crippen LogP contribution is 2.29. The quantitative estimate of drug-likeness (QED) is 0.450. The zero-order valence-electron chi connectivity index (χ0n) is 6.22. The average Bonchev–Trinajstić information content (AvgIpc) is 2.69. The van der Waals surface area contributed by atoms with Crippen LogP contribution in [-0.4, -0.2) is 26.2 Å². The van der Waals surface area contributed by atoms with Crippen molar-refractivity contribution in [2.24, 2.45) is 5.92 Å². The van der Waals surface area contributed by atoms with E-state index in [1.165, 1.54) is 0 Å². The van der Waals surface area contributed by atoms with E-state index in [-0.39, 0.29) is 11.9 Å². The van der Waals surface area contributed by atoms with E-state index in [1.807, 2.05) is 7.05 Å². The normalized spacial score (nSPS) is 16.9. The molecule has 0 amide bonds. The number of hydrogen-bond acceptors (Lipinski definition) is 3. The molecule has 3 nitrogen and oxygen atoms in total. The van der Waals surface area contributed by atoms with Gasteiger partial charge in [0.25, 0.3) is 0 Å². The molecule has 1 N–H and O–H groups in total. The van der Waals surface area contributed by atoms with Gasteiger partial charge in [-0.05, 0) is 19.9 Å². The molecule has 1 saturated carbocycles. The molecule has 0 saturated heterocycles. The Hall–Kier alpha value is -0.570. The SMILES string of the molecule is CNCCOC(=O)C1CC1. The van der Waals surface area contributed by atoms with Crippen molar-refractivity contribution in [3.8, 4) is 0 Å². The van der Waals surface area contributed by atoms with Crippen molar-refractivity contribution in [2.45, 2.75) is 12.8 Å². The summed E-state index contributed by atoms with van der Waals surface area (Å²) in [5, 5.41) is 2.91. The van der Waals surface area contributed by atoms with Crippen LogP contribution in [0.15, 0.2) is 0 Å². The van der Waals surface area contributed by atoms with Gasteiger partial charge >= 0.3 is 5.97 Å². The Morgan fingerprint density at radius 2 is 2.40 bits per heavy atom. The number of likely N-dealkylation sites (N-methyl/N-ethyl adjacent to an activating group) is 1. The van der Waals surface area contributed by atoms with Crippen molar-refractivity contribution in [1.29, 1.82) is 0 Å².